The number of ether oxygens (including phenoxy) is 1. The van der Waals surface area contributed by atoms with Crippen LogP contribution in [0.5, 0.6) is 0 Å². The van der Waals surface area contributed by atoms with Crippen LogP contribution in [-0.4, -0.2) is 13.1 Å². The van der Waals surface area contributed by atoms with Crippen LogP contribution in [0.4, 0.5) is 5.69 Å². The molecule has 0 aliphatic rings. The summed E-state index contributed by atoms with van der Waals surface area (Å²) in [5, 5.41) is 4.34. The molecule has 0 amide bonds. The van der Waals surface area contributed by atoms with Crippen LogP contribution in [0.3, 0.4) is 0 Å². The van der Waals surface area contributed by atoms with E-state index in [2.05, 4.69) is 5.32 Å². The average Bonchev–Trinajstić information content (AvgIpc) is 2.45. The summed E-state index contributed by atoms with van der Waals surface area (Å²) in [5.74, 6) is -0.430. The third-order valence-corrected chi connectivity index (χ3v) is 3.23. The number of rotatable bonds is 4. The molecule has 0 radical (unpaired) electrons. The summed E-state index contributed by atoms with van der Waals surface area (Å²) >= 11 is 11.8. The van der Waals surface area contributed by atoms with E-state index in [0.717, 1.165) is 5.56 Å². The molecule has 0 aliphatic carbocycles. The van der Waals surface area contributed by atoms with E-state index in [1.165, 1.54) is 7.11 Å². The molecule has 2 rings (SSSR count). The van der Waals surface area contributed by atoms with Crippen molar-refractivity contribution >= 4 is 34.9 Å². The number of halogens is 2. The van der Waals surface area contributed by atoms with E-state index >= 15 is 0 Å². The minimum atomic E-state index is -0.430. The number of carbonyl (C=O) groups excluding carboxylic acids is 1. The first-order chi connectivity index (χ1) is 9.60. The standard InChI is InChI=1S/C15H13Cl2NO2/c1-20-15(19)13-8-12(17)5-6-14(13)18-9-10-3-2-4-11(16)7-10/h2-8,18H,9H2,1H3. The van der Waals surface area contributed by atoms with E-state index in [9.17, 15) is 4.79 Å². The molecule has 0 atom stereocenters. The number of benzene rings is 2. The van der Waals surface area contributed by atoms with Crippen LogP contribution in [0.25, 0.3) is 0 Å². The summed E-state index contributed by atoms with van der Waals surface area (Å²) < 4.78 is 4.74. The summed E-state index contributed by atoms with van der Waals surface area (Å²) in [6.07, 6.45) is 0. The molecule has 0 heterocycles. The Morgan fingerprint density at radius 3 is 2.60 bits per heavy atom. The van der Waals surface area contributed by atoms with Gasteiger partial charge in [0.1, 0.15) is 0 Å². The lowest BCUT2D eigenvalue weighted by Gasteiger charge is -2.11. The highest BCUT2D eigenvalue weighted by atomic mass is 35.5. The van der Waals surface area contributed by atoms with Crippen molar-refractivity contribution in [3.63, 3.8) is 0 Å². The molecule has 2 aromatic rings. The third kappa shape index (κ3) is 3.65. The lowest BCUT2D eigenvalue weighted by atomic mass is 10.1. The van der Waals surface area contributed by atoms with Crippen LogP contribution in [0.2, 0.25) is 10.0 Å². The average molecular weight is 310 g/mol. The fraction of sp³-hybridized carbons (Fsp3) is 0.133. The molecule has 5 heteroatoms. The summed E-state index contributed by atoms with van der Waals surface area (Å²) in [6, 6.07) is 12.5. The number of anilines is 1. The van der Waals surface area contributed by atoms with Gasteiger partial charge in [-0.1, -0.05) is 35.3 Å². The normalized spacial score (nSPS) is 10.2. The topological polar surface area (TPSA) is 38.3 Å². The lowest BCUT2D eigenvalue weighted by molar-refractivity contribution is 0.0602. The highest BCUT2D eigenvalue weighted by Crippen LogP contribution is 2.22. The van der Waals surface area contributed by atoms with Crippen molar-refractivity contribution in [2.45, 2.75) is 6.54 Å². The molecular formula is C15H13Cl2NO2. The van der Waals surface area contributed by atoms with Crippen molar-refractivity contribution in [2.75, 3.05) is 12.4 Å². The van der Waals surface area contributed by atoms with E-state index < -0.39 is 5.97 Å². The fourth-order valence-corrected chi connectivity index (χ4v) is 2.18. The van der Waals surface area contributed by atoms with Gasteiger partial charge in [-0.2, -0.15) is 0 Å². The quantitative estimate of drug-likeness (QED) is 0.851. The van der Waals surface area contributed by atoms with E-state index in [1.807, 2.05) is 24.3 Å². The molecule has 2 aromatic carbocycles. The second kappa shape index (κ2) is 6.64. The highest BCUT2D eigenvalue weighted by molar-refractivity contribution is 6.31. The smallest absolute Gasteiger partial charge is 0.340 e. The molecule has 0 fully saturated rings. The van der Waals surface area contributed by atoms with Crippen LogP contribution in [0.1, 0.15) is 15.9 Å². The summed E-state index contributed by atoms with van der Waals surface area (Å²) in [7, 11) is 1.34. The first-order valence-corrected chi connectivity index (χ1v) is 6.72. The molecular weight excluding hydrogens is 297 g/mol. The zero-order chi connectivity index (χ0) is 14.5. The Labute approximate surface area is 127 Å². The largest absolute Gasteiger partial charge is 0.465 e. The van der Waals surface area contributed by atoms with Crippen molar-refractivity contribution in [3.05, 3.63) is 63.6 Å². The minimum absolute atomic E-state index is 0.405. The van der Waals surface area contributed by atoms with Crippen LogP contribution in [-0.2, 0) is 11.3 Å². The van der Waals surface area contributed by atoms with Gasteiger partial charge in [0.2, 0.25) is 0 Å². The van der Waals surface area contributed by atoms with Gasteiger partial charge in [0, 0.05) is 22.3 Å². The van der Waals surface area contributed by atoms with Crippen molar-refractivity contribution in [3.8, 4) is 0 Å². The Balaban J connectivity index is 2.19. The molecule has 0 aromatic heterocycles. The van der Waals surface area contributed by atoms with E-state index in [4.69, 9.17) is 27.9 Å². The number of methoxy groups -OCH3 is 1. The van der Waals surface area contributed by atoms with Gasteiger partial charge in [-0.15, -0.1) is 0 Å². The Kier molecular flexibility index (Phi) is 4.88. The maximum atomic E-state index is 11.7. The lowest BCUT2D eigenvalue weighted by Crippen LogP contribution is -2.08. The predicted molar refractivity (Wildman–Crippen MR) is 81.6 cm³/mol. The molecule has 1 N–H and O–H groups in total. The summed E-state index contributed by atoms with van der Waals surface area (Å²) in [6.45, 7) is 0.548. The van der Waals surface area contributed by atoms with Crippen LogP contribution < -0.4 is 5.32 Å². The fourth-order valence-electron chi connectivity index (χ4n) is 1.79. The number of hydrogen-bond acceptors (Lipinski definition) is 3. The monoisotopic (exact) mass is 309 g/mol. The number of nitrogens with one attached hydrogen (secondary N) is 1. The molecule has 0 saturated carbocycles. The molecule has 0 bridgehead atoms. The van der Waals surface area contributed by atoms with Crippen molar-refractivity contribution < 1.29 is 9.53 Å². The molecule has 0 unspecified atom stereocenters. The van der Waals surface area contributed by atoms with Gasteiger partial charge >= 0.3 is 5.97 Å². The van der Waals surface area contributed by atoms with Crippen molar-refractivity contribution in [2.24, 2.45) is 0 Å². The Hall–Kier alpha value is -1.71. The Morgan fingerprint density at radius 2 is 1.90 bits per heavy atom. The van der Waals surface area contributed by atoms with Crippen LogP contribution in [0.15, 0.2) is 42.5 Å². The van der Waals surface area contributed by atoms with Gasteiger partial charge in [-0.25, -0.2) is 4.79 Å². The maximum Gasteiger partial charge on any atom is 0.340 e. The van der Waals surface area contributed by atoms with E-state index in [1.54, 1.807) is 18.2 Å². The van der Waals surface area contributed by atoms with Crippen LogP contribution >= 0.6 is 23.2 Å². The summed E-state index contributed by atoms with van der Waals surface area (Å²) in [5.41, 5.74) is 2.09. The van der Waals surface area contributed by atoms with Crippen LogP contribution in [0, 0.1) is 0 Å². The maximum absolute atomic E-state index is 11.7. The molecule has 0 saturated heterocycles. The van der Waals surface area contributed by atoms with Crippen molar-refractivity contribution in [1.82, 2.24) is 0 Å². The highest BCUT2D eigenvalue weighted by Gasteiger charge is 2.12. The molecule has 0 aliphatic heterocycles. The second-order valence-electron chi connectivity index (χ2n) is 4.16. The number of esters is 1. The molecule has 20 heavy (non-hydrogen) atoms. The van der Waals surface area contributed by atoms with Crippen molar-refractivity contribution in [1.29, 1.82) is 0 Å². The van der Waals surface area contributed by atoms with Gasteiger partial charge in [0.05, 0.1) is 12.7 Å². The predicted octanol–water partition coefficient (Wildman–Crippen LogP) is 4.39. The number of hydrogen-bond donors (Lipinski definition) is 1. The SMILES string of the molecule is COC(=O)c1cc(Cl)ccc1NCc1cccc(Cl)c1. The van der Waals surface area contributed by atoms with E-state index in [-0.39, 0.29) is 0 Å². The van der Waals surface area contributed by atoms with Gasteiger partial charge in [-0.05, 0) is 35.9 Å². The Bertz CT molecular complexity index is 629. The Morgan fingerprint density at radius 1 is 1.15 bits per heavy atom. The zero-order valence-electron chi connectivity index (χ0n) is 10.8. The van der Waals surface area contributed by atoms with Gasteiger partial charge in [0.15, 0.2) is 0 Å². The molecule has 0 spiro atoms. The van der Waals surface area contributed by atoms with Gasteiger partial charge in [-0.3, -0.25) is 0 Å². The van der Waals surface area contributed by atoms with Gasteiger partial charge in [0.25, 0.3) is 0 Å². The molecule has 3 nitrogen and oxygen atoms in total. The second-order valence-corrected chi connectivity index (χ2v) is 5.04. The first kappa shape index (κ1) is 14.7. The third-order valence-electron chi connectivity index (χ3n) is 2.76. The van der Waals surface area contributed by atoms with E-state index in [0.29, 0.717) is 27.8 Å². The number of carbonyl (C=O) groups is 1. The molecule has 104 valence electrons. The zero-order valence-corrected chi connectivity index (χ0v) is 12.3. The minimum Gasteiger partial charge on any atom is -0.465 e. The summed E-state index contributed by atoms with van der Waals surface area (Å²) in [4.78, 5) is 11.7. The first-order valence-electron chi connectivity index (χ1n) is 5.96. The van der Waals surface area contributed by atoms with Gasteiger partial charge < -0.3 is 10.1 Å².